The molecule has 5 nitrogen and oxygen atoms in total. The lowest BCUT2D eigenvalue weighted by Gasteiger charge is -2.21. The van der Waals surface area contributed by atoms with Crippen LogP contribution in [-0.2, 0) is 4.79 Å². The molecule has 102 valence electrons. The molecule has 1 fully saturated rings. The summed E-state index contributed by atoms with van der Waals surface area (Å²) in [5.74, 6) is -1.00. The van der Waals surface area contributed by atoms with Crippen LogP contribution >= 0.6 is 31.9 Å². The summed E-state index contributed by atoms with van der Waals surface area (Å²) in [4.78, 5) is 24.2. The van der Waals surface area contributed by atoms with Crippen LogP contribution in [0.25, 0.3) is 0 Å². The molecule has 1 aromatic carbocycles. The van der Waals surface area contributed by atoms with Gasteiger partial charge in [0.25, 0.3) is 0 Å². The van der Waals surface area contributed by atoms with Crippen LogP contribution in [-0.4, -0.2) is 34.6 Å². The number of aliphatic carboxylic acids is 1. The lowest BCUT2D eigenvalue weighted by molar-refractivity contribution is -0.137. The Morgan fingerprint density at radius 3 is 2.63 bits per heavy atom. The fourth-order valence-electron chi connectivity index (χ4n) is 1.68. The average molecular weight is 392 g/mol. The number of benzene rings is 1. The number of carboxylic acids is 1. The summed E-state index contributed by atoms with van der Waals surface area (Å²) in [6.45, 7) is -0.276. The van der Waals surface area contributed by atoms with E-state index >= 15 is 0 Å². The van der Waals surface area contributed by atoms with Gasteiger partial charge in [-0.1, -0.05) is 15.9 Å². The summed E-state index contributed by atoms with van der Waals surface area (Å²) in [6.07, 6.45) is 1.72. The van der Waals surface area contributed by atoms with Gasteiger partial charge in [-0.15, -0.1) is 0 Å². The number of hydrogen-bond donors (Lipinski definition) is 2. The normalized spacial score (nSPS) is 14.0. The van der Waals surface area contributed by atoms with Gasteiger partial charge in [0.2, 0.25) is 0 Å². The lowest BCUT2D eigenvalue weighted by atomic mass is 10.3. The molecule has 7 heteroatoms. The van der Waals surface area contributed by atoms with E-state index < -0.39 is 5.97 Å². The average Bonchev–Trinajstić information content (AvgIpc) is 3.14. The number of nitrogens with zero attached hydrogens (tertiary/aromatic N) is 1. The van der Waals surface area contributed by atoms with Gasteiger partial charge < -0.3 is 15.3 Å². The van der Waals surface area contributed by atoms with Crippen LogP contribution < -0.4 is 5.32 Å². The number of carboxylic acid groups (broad SMARTS) is 1. The molecule has 0 spiro atoms. The Hall–Kier alpha value is -1.08. The molecule has 2 N–H and O–H groups in total. The molecule has 0 heterocycles. The summed E-state index contributed by atoms with van der Waals surface area (Å²) in [5, 5.41) is 11.6. The van der Waals surface area contributed by atoms with Gasteiger partial charge in [0, 0.05) is 15.0 Å². The molecule has 1 saturated carbocycles. The van der Waals surface area contributed by atoms with E-state index in [2.05, 4.69) is 37.2 Å². The SMILES string of the molecule is O=C(O)CN(C(=O)Nc1cc(Br)ccc1Br)C1CC1. The number of nitrogens with one attached hydrogen (secondary N) is 1. The second kappa shape index (κ2) is 5.92. The van der Waals surface area contributed by atoms with Crippen molar-refractivity contribution in [1.82, 2.24) is 4.90 Å². The summed E-state index contributed by atoms with van der Waals surface area (Å²) >= 11 is 6.67. The molecule has 0 radical (unpaired) electrons. The van der Waals surface area contributed by atoms with Gasteiger partial charge >= 0.3 is 12.0 Å². The van der Waals surface area contributed by atoms with Crippen LogP contribution in [0.2, 0.25) is 0 Å². The molecule has 19 heavy (non-hydrogen) atoms. The van der Waals surface area contributed by atoms with Gasteiger partial charge in [-0.3, -0.25) is 4.79 Å². The van der Waals surface area contributed by atoms with E-state index in [-0.39, 0.29) is 18.6 Å². The largest absolute Gasteiger partial charge is 0.480 e. The van der Waals surface area contributed by atoms with Crippen molar-refractivity contribution in [3.8, 4) is 0 Å². The number of hydrogen-bond acceptors (Lipinski definition) is 2. The summed E-state index contributed by atoms with van der Waals surface area (Å²) in [7, 11) is 0. The van der Waals surface area contributed by atoms with Crippen LogP contribution in [0.15, 0.2) is 27.1 Å². The minimum absolute atomic E-state index is 0.0435. The van der Waals surface area contributed by atoms with E-state index in [1.54, 1.807) is 12.1 Å². The highest BCUT2D eigenvalue weighted by atomic mass is 79.9. The predicted molar refractivity (Wildman–Crippen MR) is 78.2 cm³/mol. The third kappa shape index (κ3) is 3.94. The molecule has 0 bridgehead atoms. The van der Waals surface area contributed by atoms with E-state index in [0.717, 1.165) is 21.8 Å². The van der Waals surface area contributed by atoms with E-state index in [4.69, 9.17) is 5.11 Å². The first-order valence-electron chi connectivity index (χ1n) is 5.72. The standard InChI is InChI=1S/C12H12Br2N2O3/c13-7-1-4-9(14)10(5-7)15-12(19)16(6-11(17)18)8-2-3-8/h1,4-5,8H,2-3,6H2,(H,15,19)(H,17,18). The van der Waals surface area contributed by atoms with Gasteiger partial charge in [-0.2, -0.15) is 0 Å². The number of amides is 2. The monoisotopic (exact) mass is 390 g/mol. The zero-order valence-corrected chi connectivity index (χ0v) is 13.1. The van der Waals surface area contributed by atoms with Crippen LogP contribution in [0.4, 0.5) is 10.5 Å². The van der Waals surface area contributed by atoms with Gasteiger partial charge in [0.15, 0.2) is 0 Å². The van der Waals surface area contributed by atoms with E-state index in [9.17, 15) is 9.59 Å². The Bertz CT molecular complexity index is 518. The van der Waals surface area contributed by atoms with E-state index in [0.29, 0.717) is 5.69 Å². The molecule has 2 amide bonds. The second-order valence-corrected chi connectivity index (χ2v) is 6.08. The number of anilines is 1. The molecule has 0 atom stereocenters. The maximum atomic E-state index is 12.1. The molecule has 1 aliphatic carbocycles. The smallest absolute Gasteiger partial charge is 0.323 e. The molecular formula is C12H12Br2N2O3. The summed E-state index contributed by atoms with van der Waals surface area (Å²) in [5.41, 5.74) is 0.607. The van der Waals surface area contributed by atoms with Gasteiger partial charge in [0.1, 0.15) is 6.54 Å². The van der Waals surface area contributed by atoms with Crippen molar-refractivity contribution in [2.75, 3.05) is 11.9 Å². The van der Waals surface area contributed by atoms with Gasteiger partial charge in [0.05, 0.1) is 5.69 Å². The van der Waals surface area contributed by atoms with Crippen molar-refractivity contribution >= 4 is 49.5 Å². The van der Waals surface area contributed by atoms with Crippen LogP contribution in [0.5, 0.6) is 0 Å². The van der Waals surface area contributed by atoms with Crippen molar-refractivity contribution < 1.29 is 14.7 Å². The first-order chi connectivity index (χ1) is 8.97. The number of carbonyl (C=O) groups is 2. The second-order valence-electron chi connectivity index (χ2n) is 4.31. The minimum atomic E-state index is -1.00. The highest BCUT2D eigenvalue weighted by Crippen LogP contribution is 2.29. The Morgan fingerprint density at radius 2 is 2.05 bits per heavy atom. The Labute approximate surface area is 127 Å². The fourth-order valence-corrected chi connectivity index (χ4v) is 2.39. The van der Waals surface area contributed by atoms with Crippen LogP contribution in [0, 0.1) is 0 Å². The van der Waals surface area contributed by atoms with E-state index in [1.807, 2.05) is 6.07 Å². The summed E-state index contributed by atoms with van der Waals surface area (Å²) in [6, 6.07) is 5.06. The molecule has 0 aromatic heterocycles. The third-order valence-electron chi connectivity index (χ3n) is 2.72. The van der Waals surface area contributed by atoms with Crippen molar-refractivity contribution in [2.24, 2.45) is 0 Å². The quantitative estimate of drug-likeness (QED) is 0.827. The maximum absolute atomic E-state index is 12.1. The number of rotatable bonds is 4. The molecule has 1 aromatic rings. The topological polar surface area (TPSA) is 69.6 Å². The molecule has 2 rings (SSSR count). The van der Waals surface area contributed by atoms with Crippen LogP contribution in [0.3, 0.4) is 0 Å². The Kier molecular flexibility index (Phi) is 4.46. The zero-order valence-electron chi connectivity index (χ0n) is 9.90. The highest BCUT2D eigenvalue weighted by Gasteiger charge is 2.34. The third-order valence-corrected chi connectivity index (χ3v) is 3.91. The number of halogens is 2. The maximum Gasteiger partial charge on any atom is 0.323 e. The van der Waals surface area contributed by atoms with Gasteiger partial charge in [-0.25, -0.2) is 4.79 Å². The van der Waals surface area contributed by atoms with Crippen molar-refractivity contribution in [3.63, 3.8) is 0 Å². The first kappa shape index (κ1) is 14.3. The Morgan fingerprint density at radius 1 is 1.37 bits per heavy atom. The number of carbonyl (C=O) groups excluding carboxylic acids is 1. The molecule has 0 saturated heterocycles. The van der Waals surface area contributed by atoms with Gasteiger partial charge in [-0.05, 0) is 47.0 Å². The van der Waals surface area contributed by atoms with Crippen molar-refractivity contribution in [3.05, 3.63) is 27.1 Å². The van der Waals surface area contributed by atoms with Crippen molar-refractivity contribution in [1.29, 1.82) is 0 Å². The predicted octanol–water partition coefficient (Wildman–Crippen LogP) is 3.29. The van der Waals surface area contributed by atoms with Crippen LogP contribution in [0.1, 0.15) is 12.8 Å². The molecule has 0 unspecified atom stereocenters. The van der Waals surface area contributed by atoms with Crippen molar-refractivity contribution in [2.45, 2.75) is 18.9 Å². The minimum Gasteiger partial charge on any atom is -0.480 e. The molecule has 0 aliphatic heterocycles. The molecule has 1 aliphatic rings. The Balaban J connectivity index is 2.10. The zero-order chi connectivity index (χ0) is 14.0. The number of urea groups is 1. The lowest BCUT2D eigenvalue weighted by Crippen LogP contribution is -2.40. The fraction of sp³-hybridized carbons (Fsp3) is 0.333. The van der Waals surface area contributed by atoms with E-state index in [1.165, 1.54) is 4.90 Å². The first-order valence-corrected chi connectivity index (χ1v) is 7.30. The molecular weight excluding hydrogens is 380 g/mol. The summed E-state index contributed by atoms with van der Waals surface area (Å²) < 4.78 is 1.58. The highest BCUT2D eigenvalue weighted by molar-refractivity contribution is 9.11.